The van der Waals surface area contributed by atoms with Crippen LogP contribution in [0.15, 0.2) is 114 Å². The first-order valence-corrected chi connectivity index (χ1v) is 28.2. The van der Waals surface area contributed by atoms with Crippen LogP contribution >= 0.6 is 0 Å². The van der Waals surface area contributed by atoms with Crippen molar-refractivity contribution in [2.24, 2.45) is 10.8 Å². The molecule has 4 aromatic carbocycles. The Morgan fingerprint density at radius 2 is 1.31 bits per heavy atom. The number of likely N-dealkylation sites (N-methyl/N-ethyl adjacent to an activating group) is 2. The summed E-state index contributed by atoms with van der Waals surface area (Å²) < 4.78 is 5.44. The van der Waals surface area contributed by atoms with Crippen molar-refractivity contribution in [1.29, 1.82) is 0 Å². The lowest BCUT2D eigenvalue weighted by atomic mass is 9.83. The van der Waals surface area contributed by atoms with E-state index in [4.69, 9.17) is 4.42 Å². The number of nitrogens with one attached hydrogen (secondary N) is 7. The van der Waals surface area contributed by atoms with Crippen molar-refractivity contribution in [2.75, 3.05) is 26.0 Å². The van der Waals surface area contributed by atoms with Crippen LogP contribution in [-0.2, 0) is 59.4 Å². The molecule has 9 atom stereocenters. The number of oxazole rings is 1. The Hall–Kier alpha value is -7.70. The number of aryl methyl sites for hydroxylation is 1. The number of rotatable bonds is 18. The molecule has 430 valence electrons. The Morgan fingerprint density at radius 3 is 1.93 bits per heavy atom. The second-order valence-electron chi connectivity index (χ2n) is 24.1. The number of hydrogen-bond acceptors (Lipinski definition) is 11. The number of carbonyl (C=O) groups excluding carboxylic acids is 7. The van der Waals surface area contributed by atoms with Crippen LogP contribution in [0, 0.1) is 10.8 Å². The number of benzene rings is 4. The summed E-state index contributed by atoms with van der Waals surface area (Å²) in [6, 6.07) is 23.9. The van der Waals surface area contributed by atoms with Gasteiger partial charge in [-0.25, -0.2) is 4.98 Å². The lowest BCUT2D eigenvalue weighted by Crippen LogP contribution is -2.62. The molecule has 18 heteroatoms. The minimum absolute atomic E-state index is 0.0471. The van der Waals surface area contributed by atoms with E-state index in [1.54, 1.807) is 63.3 Å². The molecule has 18 nitrogen and oxygen atoms in total. The molecule has 0 saturated carbocycles. The van der Waals surface area contributed by atoms with Crippen molar-refractivity contribution in [3.8, 4) is 11.3 Å². The Kier molecular flexibility index (Phi) is 18.6. The average molecular weight is 1110 g/mol. The number of fused-ring (bicyclic) bond motifs is 2. The Morgan fingerprint density at radius 1 is 0.679 bits per heavy atom. The van der Waals surface area contributed by atoms with Gasteiger partial charge < -0.3 is 51.4 Å². The molecule has 3 heterocycles. The van der Waals surface area contributed by atoms with Crippen molar-refractivity contribution >= 4 is 47.0 Å². The summed E-state index contributed by atoms with van der Waals surface area (Å²) in [6.45, 7) is 14.8. The van der Waals surface area contributed by atoms with E-state index >= 15 is 14.4 Å². The van der Waals surface area contributed by atoms with Crippen molar-refractivity contribution in [3.63, 3.8) is 0 Å². The molecule has 0 spiro atoms. The van der Waals surface area contributed by atoms with Gasteiger partial charge in [-0.1, -0.05) is 114 Å². The lowest BCUT2D eigenvalue weighted by molar-refractivity contribution is -0.147. The summed E-state index contributed by atoms with van der Waals surface area (Å²) >= 11 is 0. The van der Waals surface area contributed by atoms with Crippen LogP contribution < -0.4 is 37.2 Å². The van der Waals surface area contributed by atoms with Crippen LogP contribution in [-0.4, -0.2) is 119 Å². The predicted octanol–water partition coefficient (Wildman–Crippen LogP) is 6.12. The van der Waals surface area contributed by atoms with E-state index in [-0.39, 0.29) is 56.1 Å². The monoisotopic (exact) mass is 1100 g/mol. The summed E-state index contributed by atoms with van der Waals surface area (Å²) in [6.07, 6.45) is 6.02. The molecule has 7 amide bonds. The predicted molar refractivity (Wildman–Crippen MR) is 310 cm³/mol. The van der Waals surface area contributed by atoms with E-state index < -0.39 is 82.7 Å². The number of carbonyl (C=O) groups is 7. The van der Waals surface area contributed by atoms with Gasteiger partial charge in [-0.15, -0.1) is 0 Å². The maximum Gasteiger partial charge on any atom is 0.247 e. The molecule has 0 unspecified atom stereocenters. The third kappa shape index (κ3) is 14.1. The van der Waals surface area contributed by atoms with E-state index in [9.17, 15) is 19.2 Å². The standard InChI is InChI=1S/C63H80N10O8/c1-37(64-9)55(74)70-53(62(3,4)5)60(79)72-34-44-30-42(23-24-43(44)31-50(72)58(77)68-48-22-16-20-40-19-14-15-21-47(40)48)45-32-51(73(35-45)61(80)54(63(6,7)8)71-56(75)38(2)65-10)59(78)69-49(29-39-17-12-11-13-18-39)57(76)67-46-27-25-41(26-28-46)52-33-66-36-81-52/h11-15,17-19,21,23-28,30,33,36-38,45,48-51,53-54,64-65H,16,20,22,29,31-32,34-35H2,1-10H3,(H,67,76)(H,68,77)(H,69,78)(H,70,74)(H,71,75)/t37-,38-,45-,48+,49-,50-,51-,53+,54+/m0/s1. The van der Waals surface area contributed by atoms with E-state index in [2.05, 4.69) is 48.3 Å². The molecule has 0 radical (unpaired) electrons. The fraction of sp³-hybridized carbons (Fsp3) is 0.460. The average Bonchev–Trinajstić information content (AvgIpc) is 4.34. The highest BCUT2D eigenvalue weighted by molar-refractivity contribution is 6.00. The van der Waals surface area contributed by atoms with Gasteiger partial charge in [0.05, 0.1) is 24.3 Å². The topological polar surface area (TPSA) is 236 Å². The summed E-state index contributed by atoms with van der Waals surface area (Å²) in [5.41, 5.74) is 5.22. The number of nitrogens with zero attached hydrogens (tertiary/aromatic N) is 3. The van der Waals surface area contributed by atoms with Gasteiger partial charge in [0.1, 0.15) is 30.2 Å². The molecular formula is C63H80N10O8. The van der Waals surface area contributed by atoms with Crippen LogP contribution in [0.3, 0.4) is 0 Å². The highest BCUT2D eigenvalue weighted by Crippen LogP contribution is 2.38. The highest BCUT2D eigenvalue weighted by atomic mass is 16.3. The SMILES string of the molecule is CN[C@@H](C)C(=O)N[C@H](C(=O)N1C[C@@H](c2ccc3c(c2)CN(C(=O)[C@@H](NC(=O)[C@H](C)NC)C(C)(C)C)[C@H](C(=O)N[C@@H]2CCCc4ccccc42)C3)C[C@H]1C(=O)N[C@@H](Cc1ccccc1)C(=O)Nc1ccc(-c2cnco2)cc1)C(C)(C)C. The minimum Gasteiger partial charge on any atom is -0.444 e. The van der Waals surface area contributed by atoms with E-state index in [1.165, 1.54) is 16.9 Å². The van der Waals surface area contributed by atoms with Crippen molar-refractivity contribution in [3.05, 3.63) is 143 Å². The number of anilines is 1. The maximum atomic E-state index is 15.2. The van der Waals surface area contributed by atoms with Crippen molar-refractivity contribution < 1.29 is 38.0 Å². The van der Waals surface area contributed by atoms with E-state index in [0.29, 0.717) is 11.4 Å². The quantitative estimate of drug-likeness (QED) is 0.0528. The molecule has 1 saturated heterocycles. The van der Waals surface area contributed by atoms with Gasteiger partial charge in [0.15, 0.2) is 12.2 Å². The van der Waals surface area contributed by atoms with Gasteiger partial charge in [0, 0.05) is 43.1 Å². The summed E-state index contributed by atoms with van der Waals surface area (Å²) in [4.78, 5) is 109. The zero-order valence-corrected chi connectivity index (χ0v) is 48.4. The summed E-state index contributed by atoms with van der Waals surface area (Å²) in [7, 11) is 3.33. The van der Waals surface area contributed by atoms with Gasteiger partial charge in [-0.2, -0.15) is 0 Å². The molecule has 5 aromatic rings. The first-order chi connectivity index (χ1) is 38.5. The number of hydrogen-bond donors (Lipinski definition) is 7. The van der Waals surface area contributed by atoms with Gasteiger partial charge >= 0.3 is 0 Å². The molecule has 81 heavy (non-hydrogen) atoms. The van der Waals surface area contributed by atoms with Crippen LogP contribution in [0.4, 0.5) is 5.69 Å². The van der Waals surface area contributed by atoms with Crippen LogP contribution in [0.1, 0.15) is 120 Å². The smallest absolute Gasteiger partial charge is 0.247 e. The fourth-order valence-electron chi connectivity index (χ4n) is 11.1. The maximum absolute atomic E-state index is 15.2. The minimum atomic E-state index is -1.08. The molecule has 0 bridgehead atoms. The third-order valence-corrected chi connectivity index (χ3v) is 16.2. The van der Waals surface area contributed by atoms with E-state index in [0.717, 1.165) is 52.6 Å². The molecular weight excluding hydrogens is 1020 g/mol. The number of likely N-dealkylation sites (tertiary alicyclic amines) is 1. The zero-order chi connectivity index (χ0) is 58.3. The molecule has 1 aromatic heterocycles. The lowest BCUT2D eigenvalue weighted by Gasteiger charge is -2.42. The van der Waals surface area contributed by atoms with Crippen LogP contribution in [0.2, 0.25) is 0 Å². The highest BCUT2D eigenvalue weighted by Gasteiger charge is 2.47. The Labute approximate surface area is 475 Å². The first-order valence-electron chi connectivity index (χ1n) is 28.2. The molecule has 1 aliphatic carbocycles. The number of aromatic nitrogens is 1. The van der Waals surface area contributed by atoms with Crippen LogP contribution in [0.5, 0.6) is 0 Å². The van der Waals surface area contributed by atoms with Gasteiger partial charge in [0.2, 0.25) is 41.4 Å². The largest absolute Gasteiger partial charge is 0.444 e. The Balaban J connectivity index is 1.12. The Bertz CT molecular complexity index is 3060. The first kappa shape index (κ1) is 59.4. The van der Waals surface area contributed by atoms with Crippen LogP contribution in [0.25, 0.3) is 11.3 Å². The second-order valence-corrected chi connectivity index (χ2v) is 24.1. The molecule has 1 fully saturated rings. The molecule has 3 aliphatic rings. The van der Waals surface area contributed by atoms with Gasteiger partial charge in [0.25, 0.3) is 0 Å². The number of amides is 7. The van der Waals surface area contributed by atoms with E-state index in [1.807, 2.05) is 108 Å². The molecule has 2 aliphatic heterocycles. The van der Waals surface area contributed by atoms with Crippen molar-refractivity contribution in [2.45, 2.75) is 155 Å². The summed E-state index contributed by atoms with van der Waals surface area (Å²) in [5, 5.41) is 21.2. The fourth-order valence-corrected chi connectivity index (χ4v) is 11.1. The second kappa shape index (κ2) is 25.4. The zero-order valence-electron chi connectivity index (χ0n) is 48.4. The van der Waals surface area contributed by atoms with Gasteiger partial charge in [-0.05, 0) is 122 Å². The third-order valence-electron chi connectivity index (χ3n) is 16.2. The summed E-state index contributed by atoms with van der Waals surface area (Å²) in [5.74, 6) is -2.74. The molecule has 7 N–H and O–H groups in total. The van der Waals surface area contributed by atoms with Crippen molar-refractivity contribution in [1.82, 2.24) is 46.7 Å². The van der Waals surface area contributed by atoms with Gasteiger partial charge in [-0.3, -0.25) is 33.6 Å². The normalized spacial score (nSPS) is 19.8. The molecule has 8 rings (SSSR count).